The largest absolute Gasteiger partial charge is 0.292 e. The minimum atomic E-state index is 0.880. The van der Waals surface area contributed by atoms with Crippen LogP contribution < -0.4 is 4.48 Å². The van der Waals surface area contributed by atoms with Crippen LogP contribution in [-0.4, -0.2) is 20.5 Å². The molecule has 2 aromatic carbocycles. The van der Waals surface area contributed by atoms with Crippen molar-refractivity contribution in [3.63, 3.8) is 0 Å². The maximum atomic E-state index is 4.64. The molecule has 0 fully saturated rings. The van der Waals surface area contributed by atoms with Gasteiger partial charge in [0.05, 0.1) is 14.1 Å². The topological polar surface area (TPSA) is 0 Å². The van der Waals surface area contributed by atoms with Crippen LogP contribution in [0.5, 0.6) is 0 Å². The number of hydrogen-bond acceptors (Lipinski definition) is 0. The molecule has 0 aromatic heterocycles. The Morgan fingerprint density at radius 3 is 1.72 bits per heavy atom. The first-order valence-corrected chi connectivity index (χ1v) is 6.74. The molecule has 0 aliphatic rings. The van der Waals surface area contributed by atoms with E-state index in [0.29, 0.717) is 0 Å². The monoisotopic (exact) mass is 262 g/mol. The maximum Gasteiger partial charge on any atom is 0.132 e. The lowest BCUT2D eigenvalue weighted by Gasteiger charge is -2.29. The molecule has 0 atom stereocenters. The SMILES string of the molecule is CCl.C[N+](C)(Cc1ccccc1)c1ccccc1. The molecule has 0 aliphatic heterocycles. The highest BCUT2D eigenvalue weighted by atomic mass is 35.5. The van der Waals surface area contributed by atoms with Crippen LogP contribution in [0.15, 0.2) is 60.7 Å². The third-order valence-corrected chi connectivity index (χ3v) is 2.88. The minimum absolute atomic E-state index is 0.880. The van der Waals surface area contributed by atoms with E-state index >= 15 is 0 Å². The van der Waals surface area contributed by atoms with Crippen molar-refractivity contribution in [2.24, 2.45) is 0 Å². The van der Waals surface area contributed by atoms with Gasteiger partial charge >= 0.3 is 0 Å². The molecule has 0 saturated carbocycles. The molecule has 2 heteroatoms. The molecule has 0 aliphatic carbocycles. The smallest absolute Gasteiger partial charge is 0.132 e. The fourth-order valence-corrected chi connectivity index (χ4v) is 1.96. The van der Waals surface area contributed by atoms with E-state index in [1.807, 2.05) is 0 Å². The second-order valence-corrected chi connectivity index (χ2v) is 4.66. The van der Waals surface area contributed by atoms with Crippen molar-refractivity contribution < 1.29 is 0 Å². The number of hydrogen-bond donors (Lipinski definition) is 0. The van der Waals surface area contributed by atoms with E-state index in [9.17, 15) is 0 Å². The number of alkyl halides is 1. The van der Waals surface area contributed by atoms with Crippen molar-refractivity contribution in [2.75, 3.05) is 20.5 Å². The first-order valence-electron chi connectivity index (χ1n) is 5.99. The number of quaternary nitrogens is 1. The molecule has 0 heterocycles. The van der Waals surface area contributed by atoms with E-state index < -0.39 is 0 Å². The number of halogens is 1. The molecule has 0 unspecified atom stereocenters. The molecule has 2 aromatic rings. The molecule has 0 saturated heterocycles. The van der Waals surface area contributed by atoms with Gasteiger partial charge in [0.1, 0.15) is 12.2 Å². The Hall–Kier alpha value is -1.31. The molecule has 18 heavy (non-hydrogen) atoms. The summed E-state index contributed by atoms with van der Waals surface area (Å²) in [6.07, 6.45) is 1.47. The fourth-order valence-electron chi connectivity index (χ4n) is 1.96. The molecule has 0 spiro atoms. The molecule has 0 amide bonds. The van der Waals surface area contributed by atoms with Crippen molar-refractivity contribution >= 4 is 17.3 Å². The Kier molecular flexibility index (Phi) is 5.90. The number of para-hydroxylation sites is 1. The summed E-state index contributed by atoms with van der Waals surface area (Å²) in [5.74, 6) is 0. The van der Waals surface area contributed by atoms with Crippen LogP contribution in [0.1, 0.15) is 5.56 Å². The van der Waals surface area contributed by atoms with Crippen LogP contribution in [0.25, 0.3) is 0 Å². The Labute approximate surface area is 115 Å². The second kappa shape index (κ2) is 7.20. The van der Waals surface area contributed by atoms with Gasteiger partial charge in [-0.15, -0.1) is 11.6 Å². The zero-order valence-corrected chi connectivity index (χ0v) is 12.1. The first kappa shape index (κ1) is 14.7. The summed E-state index contributed by atoms with van der Waals surface area (Å²) in [6.45, 7) is 1.02. The fraction of sp³-hybridized carbons (Fsp3) is 0.250. The predicted octanol–water partition coefficient (Wildman–Crippen LogP) is 4.31. The van der Waals surface area contributed by atoms with Crippen molar-refractivity contribution in [3.8, 4) is 0 Å². The third-order valence-electron chi connectivity index (χ3n) is 2.88. The molecule has 0 radical (unpaired) electrons. The molecule has 0 N–H and O–H groups in total. The highest BCUT2D eigenvalue weighted by molar-refractivity contribution is 6.15. The van der Waals surface area contributed by atoms with Gasteiger partial charge in [-0.3, -0.25) is 4.48 Å². The summed E-state index contributed by atoms with van der Waals surface area (Å²) in [5, 5.41) is 0. The average Bonchev–Trinajstić information content (AvgIpc) is 2.43. The van der Waals surface area contributed by atoms with Crippen LogP contribution >= 0.6 is 11.6 Å². The second-order valence-electron chi connectivity index (χ2n) is 4.66. The maximum absolute atomic E-state index is 4.64. The lowest BCUT2D eigenvalue weighted by atomic mass is 10.2. The highest BCUT2D eigenvalue weighted by Crippen LogP contribution is 2.21. The van der Waals surface area contributed by atoms with E-state index in [-0.39, 0.29) is 0 Å². The van der Waals surface area contributed by atoms with Crippen molar-refractivity contribution in [1.82, 2.24) is 4.48 Å². The Bertz CT molecular complexity index is 437. The lowest BCUT2D eigenvalue weighted by molar-refractivity contribution is 0.392. The van der Waals surface area contributed by atoms with Crippen molar-refractivity contribution in [3.05, 3.63) is 66.2 Å². The van der Waals surface area contributed by atoms with Crippen molar-refractivity contribution in [1.29, 1.82) is 0 Å². The Morgan fingerprint density at radius 1 is 0.778 bits per heavy atom. The van der Waals surface area contributed by atoms with Crippen LogP contribution in [0.3, 0.4) is 0 Å². The van der Waals surface area contributed by atoms with E-state index in [4.69, 9.17) is 0 Å². The normalized spacial score (nSPS) is 10.4. The van der Waals surface area contributed by atoms with Gasteiger partial charge < -0.3 is 0 Å². The highest BCUT2D eigenvalue weighted by Gasteiger charge is 2.18. The average molecular weight is 263 g/mol. The lowest BCUT2D eigenvalue weighted by Crippen LogP contribution is -2.39. The summed E-state index contributed by atoms with van der Waals surface area (Å²) in [4.78, 5) is 0. The molecule has 96 valence electrons. The van der Waals surface area contributed by atoms with Gasteiger partial charge in [-0.25, -0.2) is 0 Å². The number of rotatable bonds is 3. The Balaban J connectivity index is 0.000000771. The first-order chi connectivity index (χ1) is 8.68. The molecule has 1 nitrogen and oxygen atoms in total. The standard InChI is InChI=1S/C15H18N.CH3Cl/c1-16(2,15-11-7-4-8-12-15)13-14-9-5-3-6-10-14;1-2/h3-12H,13H2,1-2H3;1H3/q+1;. The van der Waals surface area contributed by atoms with Crippen LogP contribution in [0.2, 0.25) is 0 Å². The van der Waals surface area contributed by atoms with Crippen LogP contribution in [0, 0.1) is 0 Å². The molecular weight excluding hydrogens is 242 g/mol. The van der Waals surface area contributed by atoms with Gasteiger partial charge in [-0.05, 0) is 12.1 Å². The predicted molar refractivity (Wildman–Crippen MR) is 82.0 cm³/mol. The van der Waals surface area contributed by atoms with E-state index in [0.717, 1.165) is 11.0 Å². The van der Waals surface area contributed by atoms with Gasteiger partial charge in [0.25, 0.3) is 0 Å². The van der Waals surface area contributed by atoms with Gasteiger partial charge in [0.2, 0.25) is 0 Å². The van der Waals surface area contributed by atoms with E-state index in [2.05, 4.69) is 86.4 Å². The van der Waals surface area contributed by atoms with Crippen LogP contribution in [-0.2, 0) is 6.54 Å². The van der Waals surface area contributed by atoms with Gasteiger partial charge in [0, 0.05) is 11.9 Å². The van der Waals surface area contributed by atoms with Crippen molar-refractivity contribution in [2.45, 2.75) is 6.54 Å². The Morgan fingerprint density at radius 2 is 1.22 bits per heavy atom. The van der Waals surface area contributed by atoms with Gasteiger partial charge in [-0.1, -0.05) is 48.5 Å². The zero-order chi connectivity index (χ0) is 13.4. The molecule has 0 bridgehead atoms. The summed E-state index contributed by atoms with van der Waals surface area (Å²) in [7, 11) is 4.48. The van der Waals surface area contributed by atoms with E-state index in [1.165, 1.54) is 17.6 Å². The molecule has 2 rings (SSSR count). The summed E-state index contributed by atoms with van der Waals surface area (Å²) in [6, 6.07) is 21.2. The third kappa shape index (κ3) is 4.17. The number of nitrogens with zero attached hydrogens (tertiary/aromatic N) is 1. The quantitative estimate of drug-likeness (QED) is 0.571. The molecular formula is C16H21ClN+. The van der Waals surface area contributed by atoms with Crippen LogP contribution in [0.4, 0.5) is 5.69 Å². The van der Waals surface area contributed by atoms with Gasteiger partial charge in [-0.2, -0.15) is 0 Å². The summed E-state index contributed by atoms with van der Waals surface area (Å²) >= 11 is 4.64. The van der Waals surface area contributed by atoms with Gasteiger partial charge in [0.15, 0.2) is 0 Å². The number of benzene rings is 2. The summed E-state index contributed by atoms with van der Waals surface area (Å²) in [5.41, 5.74) is 2.71. The zero-order valence-electron chi connectivity index (χ0n) is 11.3. The minimum Gasteiger partial charge on any atom is -0.292 e. The van der Waals surface area contributed by atoms with E-state index in [1.54, 1.807) is 0 Å². The summed E-state index contributed by atoms with van der Waals surface area (Å²) < 4.78 is 0.880.